The lowest BCUT2D eigenvalue weighted by molar-refractivity contribution is -0.00448. The molecule has 2 fully saturated rings. The van der Waals surface area contributed by atoms with E-state index in [0.29, 0.717) is 55.8 Å². The molecule has 0 aromatic carbocycles. The maximum absolute atomic E-state index is 13.4. The Bertz CT molecular complexity index is 1250. The smallest absolute Gasteiger partial charge is 0.328 e. The van der Waals surface area contributed by atoms with Crippen LogP contribution in [0, 0.1) is 11.3 Å². The van der Waals surface area contributed by atoms with Crippen LogP contribution in [0.25, 0.3) is 0 Å². The SMILES string of the molecule is CC1OCCC1Sc1cc(NC(=O)N2CCCc3cc(CN4CCOCC4C)c(C=O)nc32)ncc1C#N. The van der Waals surface area contributed by atoms with Crippen molar-refractivity contribution in [2.24, 2.45) is 0 Å². The summed E-state index contributed by atoms with van der Waals surface area (Å²) in [4.78, 5) is 38.9. The third-order valence-electron chi connectivity index (χ3n) is 7.32. The van der Waals surface area contributed by atoms with Crippen molar-refractivity contribution in [3.63, 3.8) is 0 Å². The van der Waals surface area contributed by atoms with Gasteiger partial charge in [-0.2, -0.15) is 5.26 Å². The third-order valence-corrected chi connectivity index (χ3v) is 8.83. The molecule has 2 amide bonds. The van der Waals surface area contributed by atoms with E-state index in [1.807, 2.05) is 13.0 Å². The number of nitrogens with one attached hydrogen (secondary N) is 1. The number of pyridine rings is 2. The molecule has 3 aliphatic rings. The first-order chi connectivity index (χ1) is 18.5. The molecule has 5 heterocycles. The number of ether oxygens (including phenoxy) is 2. The van der Waals surface area contributed by atoms with Crippen LogP contribution in [0.4, 0.5) is 16.4 Å². The lowest BCUT2D eigenvalue weighted by atomic mass is 10.0. The van der Waals surface area contributed by atoms with Gasteiger partial charge in [-0.1, -0.05) is 0 Å². The zero-order valence-electron chi connectivity index (χ0n) is 21.7. The molecule has 200 valence electrons. The zero-order valence-corrected chi connectivity index (χ0v) is 22.5. The number of anilines is 2. The number of nitrogens with zero attached hydrogens (tertiary/aromatic N) is 5. The first-order valence-electron chi connectivity index (χ1n) is 13.0. The third kappa shape index (κ3) is 5.68. The number of carbonyl (C=O) groups excluding carboxylic acids is 2. The molecule has 10 nitrogen and oxygen atoms in total. The maximum Gasteiger partial charge on any atom is 0.328 e. The first kappa shape index (κ1) is 26.6. The molecule has 0 radical (unpaired) electrons. The lowest BCUT2D eigenvalue weighted by Gasteiger charge is -2.34. The van der Waals surface area contributed by atoms with Gasteiger partial charge in [-0.15, -0.1) is 11.8 Å². The molecule has 5 rings (SSSR count). The molecule has 2 saturated heterocycles. The number of aldehydes is 1. The molecule has 38 heavy (non-hydrogen) atoms. The van der Waals surface area contributed by atoms with E-state index in [0.717, 1.165) is 48.1 Å². The zero-order chi connectivity index (χ0) is 26.6. The minimum absolute atomic E-state index is 0.0945. The molecule has 3 atom stereocenters. The number of fused-ring (bicyclic) bond motifs is 1. The number of aryl methyl sites for hydroxylation is 1. The van der Waals surface area contributed by atoms with Crippen LogP contribution in [-0.2, 0) is 22.4 Å². The van der Waals surface area contributed by atoms with Gasteiger partial charge in [0.1, 0.15) is 23.4 Å². The van der Waals surface area contributed by atoms with Crippen LogP contribution in [-0.4, -0.2) is 77.5 Å². The molecule has 3 aliphatic heterocycles. The van der Waals surface area contributed by atoms with Crippen molar-refractivity contribution in [3.05, 3.63) is 40.7 Å². The minimum Gasteiger partial charge on any atom is -0.379 e. The number of nitriles is 1. The molecule has 0 saturated carbocycles. The van der Waals surface area contributed by atoms with Crippen LogP contribution in [0.3, 0.4) is 0 Å². The highest BCUT2D eigenvalue weighted by atomic mass is 32.2. The topological polar surface area (TPSA) is 121 Å². The lowest BCUT2D eigenvalue weighted by Crippen LogP contribution is -2.43. The predicted octanol–water partition coefficient (Wildman–Crippen LogP) is 3.64. The molecule has 1 N–H and O–H groups in total. The van der Waals surface area contributed by atoms with Crippen molar-refractivity contribution >= 4 is 35.7 Å². The van der Waals surface area contributed by atoms with E-state index in [2.05, 4.69) is 33.2 Å². The Labute approximate surface area is 226 Å². The largest absolute Gasteiger partial charge is 0.379 e. The molecule has 11 heteroatoms. The molecular formula is C27H32N6O4S. The van der Waals surface area contributed by atoms with Crippen molar-refractivity contribution < 1.29 is 19.1 Å². The number of morpholine rings is 1. The van der Waals surface area contributed by atoms with Gasteiger partial charge in [0.15, 0.2) is 6.29 Å². The Morgan fingerprint density at radius 1 is 1.32 bits per heavy atom. The highest BCUT2D eigenvalue weighted by Gasteiger charge is 2.29. The van der Waals surface area contributed by atoms with E-state index in [9.17, 15) is 14.9 Å². The number of thioether (sulfide) groups is 1. The summed E-state index contributed by atoms with van der Waals surface area (Å²) >= 11 is 1.58. The Morgan fingerprint density at radius 3 is 2.92 bits per heavy atom. The molecule has 0 aliphatic carbocycles. The Kier molecular flexibility index (Phi) is 8.24. The number of hydrogen-bond acceptors (Lipinski definition) is 9. The van der Waals surface area contributed by atoms with Gasteiger partial charge in [0.05, 0.1) is 24.9 Å². The summed E-state index contributed by atoms with van der Waals surface area (Å²) in [5.41, 5.74) is 2.64. The summed E-state index contributed by atoms with van der Waals surface area (Å²) in [6.45, 7) is 8.08. The molecule has 2 aromatic heterocycles. The average molecular weight is 537 g/mol. The maximum atomic E-state index is 13.4. The van der Waals surface area contributed by atoms with E-state index in [1.54, 1.807) is 22.7 Å². The van der Waals surface area contributed by atoms with Crippen molar-refractivity contribution in [2.75, 3.05) is 43.1 Å². The predicted molar refractivity (Wildman–Crippen MR) is 144 cm³/mol. The summed E-state index contributed by atoms with van der Waals surface area (Å²) in [7, 11) is 0. The second-order valence-electron chi connectivity index (χ2n) is 9.91. The number of carbonyl (C=O) groups is 2. The first-order valence-corrected chi connectivity index (χ1v) is 13.9. The van der Waals surface area contributed by atoms with Crippen molar-refractivity contribution in [3.8, 4) is 6.07 Å². The molecule has 0 spiro atoms. The molecular weight excluding hydrogens is 504 g/mol. The Balaban J connectivity index is 1.35. The van der Waals surface area contributed by atoms with E-state index in [1.165, 1.54) is 6.20 Å². The monoisotopic (exact) mass is 536 g/mol. The second-order valence-corrected chi connectivity index (χ2v) is 11.2. The van der Waals surface area contributed by atoms with Crippen molar-refractivity contribution in [1.29, 1.82) is 5.26 Å². The standard InChI is InChI=1S/C27H32N6O4S/c1-17-16-36-9-7-32(17)14-20-10-19-4-3-6-33(26(19)30-22(20)15-34)27(35)31-25-11-24(21(12-28)13-29-25)38-23-5-8-37-18(23)2/h10-11,13,15,17-18,23H,3-9,14,16H2,1-2H3,(H,29,31,35). The van der Waals surface area contributed by atoms with E-state index in [4.69, 9.17) is 9.47 Å². The summed E-state index contributed by atoms with van der Waals surface area (Å²) in [6, 6.07) is 5.85. The van der Waals surface area contributed by atoms with Crippen LogP contribution in [0.5, 0.6) is 0 Å². The molecule has 2 aromatic rings. The van der Waals surface area contributed by atoms with Gasteiger partial charge in [0.25, 0.3) is 0 Å². The van der Waals surface area contributed by atoms with Gasteiger partial charge >= 0.3 is 6.03 Å². The van der Waals surface area contributed by atoms with E-state index >= 15 is 0 Å². The molecule has 3 unspecified atom stereocenters. The van der Waals surface area contributed by atoms with Crippen LogP contribution < -0.4 is 10.2 Å². The van der Waals surface area contributed by atoms with Crippen LogP contribution >= 0.6 is 11.8 Å². The van der Waals surface area contributed by atoms with Gasteiger partial charge in [0, 0.05) is 48.6 Å². The van der Waals surface area contributed by atoms with E-state index < -0.39 is 0 Å². The summed E-state index contributed by atoms with van der Waals surface area (Å²) < 4.78 is 11.2. The van der Waals surface area contributed by atoms with E-state index in [-0.39, 0.29) is 23.4 Å². The Hall–Kier alpha value is -3.04. The number of urea groups is 1. The van der Waals surface area contributed by atoms with Crippen LogP contribution in [0.1, 0.15) is 53.9 Å². The van der Waals surface area contributed by atoms with Crippen LogP contribution in [0.2, 0.25) is 0 Å². The van der Waals surface area contributed by atoms with Crippen molar-refractivity contribution in [1.82, 2.24) is 14.9 Å². The van der Waals surface area contributed by atoms with Gasteiger partial charge in [-0.3, -0.25) is 19.9 Å². The summed E-state index contributed by atoms with van der Waals surface area (Å²) in [6.07, 6.45) is 4.83. The number of amides is 2. The number of aromatic nitrogens is 2. The van der Waals surface area contributed by atoms with Gasteiger partial charge in [-0.05, 0) is 56.4 Å². The fourth-order valence-corrected chi connectivity index (χ4v) is 6.31. The van der Waals surface area contributed by atoms with Gasteiger partial charge in [0.2, 0.25) is 0 Å². The fourth-order valence-electron chi connectivity index (χ4n) is 5.09. The van der Waals surface area contributed by atoms with Gasteiger partial charge < -0.3 is 9.47 Å². The summed E-state index contributed by atoms with van der Waals surface area (Å²) in [5.74, 6) is 0.874. The highest BCUT2D eigenvalue weighted by molar-refractivity contribution is 8.00. The van der Waals surface area contributed by atoms with Crippen LogP contribution in [0.15, 0.2) is 23.2 Å². The quantitative estimate of drug-likeness (QED) is 0.552. The van der Waals surface area contributed by atoms with Crippen molar-refractivity contribution in [2.45, 2.75) is 61.9 Å². The second kappa shape index (κ2) is 11.8. The molecule has 0 bridgehead atoms. The average Bonchev–Trinajstić information content (AvgIpc) is 3.33. The summed E-state index contributed by atoms with van der Waals surface area (Å²) in [5, 5.41) is 12.7. The Morgan fingerprint density at radius 2 is 2.18 bits per heavy atom. The fraction of sp³-hybridized carbons (Fsp3) is 0.519. The normalized spacial score (nSPS) is 23.5. The number of rotatable bonds is 6. The highest BCUT2D eigenvalue weighted by Crippen LogP contribution is 2.35. The minimum atomic E-state index is -0.365. The number of hydrogen-bond donors (Lipinski definition) is 1. The van der Waals surface area contributed by atoms with Gasteiger partial charge in [-0.25, -0.2) is 14.8 Å².